The van der Waals surface area contributed by atoms with E-state index >= 15 is 0 Å². The number of carbonyl (C=O) groups excluding carboxylic acids is 4. The lowest BCUT2D eigenvalue weighted by molar-refractivity contribution is 0.0524. The summed E-state index contributed by atoms with van der Waals surface area (Å²) >= 11 is 3.38. The number of benzene rings is 3. The summed E-state index contributed by atoms with van der Waals surface area (Å²) < 4.78 is 16.5. The van der Waals surface area contributed by atoms with E-state index < -0.39 is 11.9 Å². The number of halogens is 1. The molecule has 0 N–H and O–H groups in total. The fraction of sp³-hybridized carbons (Fsp3) is 0.111. The Kier molecular flexibility index (Phi) is 6.93. The van der Waals surface area contributed by atoms with E-state index in [0.29, 0.717) is 28.6 Å². The van der Waals surface area contributed by atoms with Crippen LogP contribution in [-0.2, 0) is 4.74 Å². The van der Waals surface area contributed by atoms with E-state index in [9.17, 15) is 19.2 Å². The van der Waals surface area contributed by atoms with Crippen LogP contribution in [0.25, 0.3) is 11.0 Å². The highest BCUT2D eigenvalue weighted by Crippen LogP contribution is 2.40. The number of hydrogen-bond acceptors (Lipinski definition) is 7. The fourth-order valence-corrected chi connectivity index (χ4v) is 4.19. The van der Waals surface area contributed by atoms with Crippen LogP contribution in [0, 0.1) is 6.92 Å². The van der Waals surface area contributed by atoms with Crippen molar-refractivity contribution in [2.24, 2.45) is 0 Å². The molecule has 4 rings (SSSR count). The maximum Gasteiger partial charge on any atom is 0.343 e. The van der Waals surface area contributed by atoms with E-state index in [1.807, 2.05) is 6.07 Å². The van der Waals surface area contributed by atoms with Gasteiger partial charge in [-0.25, -0.2) is 9.59 Å². The van der Waals surface area contributed by atoms with E-state index in [0.717, 1.165) is 0 Å². The summed E-state index contributed by atoms with van der Waals surface area (Å²) in [6, 6.07) is 16.5. The fourth-order valence-electron chi connectivity index (χ4n) is 3.62. The molecule has 1 aromatic heterocycles. The first kappa shape index (κ1) is 24.1. The standard InChI is InChI=1S/C27H19BrO7/c1-3-33-27(32)21-20(14-29)34-25-15(2)13-19(23(28)22(21)25)35-26(31)18-11-9-17(10-12-18)24(30)16-7-5-4-6-8-16/h4-14H,3H2,1-2H3. The summed E-state index contributed by atoms with van der Waals surface area (Å²) in [5.74, 6) is -1.60. The normalized spacial score (nSPS) is 10.7. The summed E-state index contributed by atoms with van der Waals surface area (Å²) in [5, 5.41) is 0.275. The highest BCUT2D eigenvalue weighted by molar-refractivity contribution is 9.10. The van der Waals surface area contributed by atoms with E-state index in [-0.39, 0.29) is 44.9 Å². The third kappa shape index (κ3) is 4.65. The van der Waals surface area contributed by atoms with Gasteiger partial charge in [0.1, 0.15) is 16.9 Å². The molecule has 3 aromatic carbocycles. The predicted molar refractivity (Wildman–Crippen MR) is 131 cm³/mol. The molecule has 0 aliphatic heterocycles. The van der Waals surface area contributed by atoms with Crippen LogP contribution in [0.2, 0.25) is 0 Å². The Balaban J connectivity index is 1.65. The molecular formula is C27H19BrO7. The highest BCUT2D eigenvalue weighted by Gasteiger charge is 2.27. The van der Waals surface area contributed by atoms with Gasteiger partial charge in [-0.15, -0.1) is 0 Å². The zero-order valence-corrected chi connectivity index (χ0v) is 20.4. The topological polar surface area (TPSA) is 99.9 Å². The zero-order valence-electron chi connectivity index (χ0n) is 18.8. The summed E-state index contributed by atoms with van der Waals surface area (Å²) in [4.78, 5) is 49.5. The van der Waals surface area contributed by atoms with Crippen molar-refractivity contribution in [3.63, 3.8) is 0 Å². The summed E-state index contributed by atoms with van der Waals surface area (Å²) in [6.45, 7) is 3.45. The first-order chi connectivity index (χ1) is 16.8. The Labute approximate surface area is 208 Å². The van der Waals surface area contributed by atoms with Crippen LogP contribution in [0.15, 0.2) is 69.6 Å². The van der Waals surface area contributed by atoms with Gasteiger partial charge in [-0.05, 0) is 53.5 Å². The molecule has 0 aliphatic carbocycles. The number of fused-ring (bicyclic) bond motifs is 1. The minimum absolute atomic E-state index is 0.0477. The number of hydrogen-bond donors (Lipinski definition) is 0. The summed E-state index contributed by atoms with van der Waals surface area (Å²) in [5.41, 5.74) is 2.01. The van der Waals surface area contributed by atoms with E-state index in [1.54, 1.807) is 56.3 Å². The lowest BCUT2D eigenvalue weighted by Crippen LogP contribution is -2.10. The maximum atomic E-state index is 12.8. The van der Waals surface area contributed by atoms with Crippen molar-refractivity contribution in [3.05, 3.63) is 98.7 Å². The molecule has 0 saturated heterocycles. The largest absolute Gasteiger partial charge is 0.462 e. The second kappa shape index (κ2) is 10.1. The van der Waals surface area contributed by atoms with Gasteiger partial charge < -0.3 is 13.9 Å². The Morgan fingerprint density at radius 1 is 0.943 bits per heavy atom. The molecule has 35 heavy (non-hydrogen) atoms. The van der Waals surface area contributed by atoms with Crippen LogP contribution < -0.4 is 4.74 Å². The molecule has 0 fully saturated rings. The van der Waals surface area contributed by atoms with Crippen molar-refractivity contribution in [1.29, 1.82) is 0 Å². The van der Waals surface area contributed by atoms with Gasteiger partial charge in [0.15, 0.2) is 17.8 Å². The van der Waals surface area contributed by atoms with E-state index in [4.69, 9.17) is 13.9 Å². The van der Waals surface area contributed by atoms with Crippen molar-refractivity contribution in [3.8, 4) is 5.75 Å². The van der Waals surface area contributed by atoms with Gasteiger partial charge in [-0.2, -0.15) is 0 Å². The van der Waals surface area contributed by atoms with Crippen molar-refractivity contribution in [1.82, 2.24) is 0 Å². The van der Waals surface area contributed by atoms with Crippen LogP contribution in [0.5, 0.6) is 5.75 Å². The number of rotatable bonds is 7. The summed E-state index contributed by atoms with van der Waals surface area (Å²) in [6.07, 6.45) is 0.433. The quantitative estimate of drug-likeness (QED) is 0.125. The van der Waals surface area contributed by atoms with Gasteiger partial charge in [0.2, 0.25) is 0 Å². The predicted octanol–water partition coefficient (Wildman–Crippen LogP) is 5.94. The van der Waals surface area contributed by atoms with Crippen molar-refractivity contribution < 1.29 is 33.1 Å². The van der Waals surface area contributed by atoms with E-state index in [1.165, 1.54) is 12.1 Å². The number of ether oxygens (including phenoxy) is 2. The molecule has 0 spiro atoms. The third-order valence-corrected chi connectivity index (χ3v) is 6.07. The van der Waals surface area contributed by atoms with Gasteiger partial charge >= 0.3 is 11.9 Å². The van der Waals surface area contributed by atoms with Gasteiger partial charge in [0, 0.05) is 11.1 Å². The van der Waals surface area contributed by atoms with Crippen molar-refractivity contribution in [2.75, 3.05) is 6.61 Å². The zero-order chi connectivity index (χ0) is 25.1. The van der Waals surface area contributed by atoms with Crippen LogP contribution in [0.4, 0.5) is 0 Å². The van der Waals surface area contributed by atoms with Crippen LogP contribution in [-0.4, -0.2) is 30.6 Å². The monoisotopic (exact) mass is 534 g/mol. The molecule has 176 valence electrons. The average molecular weight is 535 g/mol. The number of carbonyl (C=O) groups is 4. The minimum atomic E-state index is -0.726. The maximum absolute atomic E-state index is 12.8. The summed E-state index contributed by atoms with van der Waals surface area (Å²) in [7, 11) is 0. The molecule has 0 atom stereocenters. The van der Waals surface area contributed by atoms with Gasteiger partial charge in [0.05, 0.1) is 22.0 Å². The number of aryl methyl sites for hydroxylation is 1. The van der Waals surface area contributed by atoms with Crippen molar-refractivity contribution in [2.45, 2.75) is 13.8 Å². The molecule has 0 amide bonds. The highest BCUT2D eigenvalue weighted by atomic mass is 79.9. The lowest BCUT2D eigenvalue weighted by Gasteiger charge is -2.10. The minimum Gasteiger partial charge on any atom is -0.462 e. The molecule has 7 nitrogen and oxygen atoms in total. The Bertz CT molecular complexity index is 1450. The van der Waals surface area contributed by atoms with Gasteiger partial charge in [-0.3, -0.25) is 9.59 Å². The lowest BCUT2D eigenvalue weighted by atomic mass is 10.0. The number of aldehydes is 1. The molecule has 0 saturated carbocycles. The number of ketones is 1. The molecule has 1 heterocycles. The first-order valence-electron chi connectivity index (χ1n) is 10.7. The molecule has 8 heteroatoms. The Morgan fingerprint density at radius 2 is 1.57 bits per heavy atom. The molecule has 0 unspecified atom stereocenters. The SMILES string of the molecule is CCOC(=O)c1c(C=O)oc2c(C)cc(OC(=O)c3ccc(C(=O)c4ccccc4)cc3)c(Br)c12. The Hall–Kier alpha value is -4.04. The number of furan rings is 1. The smallest absolute Gasteiger partial charge is 0.343 e. The second-order valence-electron chi connectivity index (χ2n) is 7.55. The molecule has 0 bridgehead atoms. The third-order valence-electron chi connectivity index (χ3n) is 5.29. The molecule has 0 radical (unpaired) electrons. The van der Waals surface area contributed by atoms with Crippen LogP contribution in [0.1, 0.15) is 59.7 Å². The Morgan fingerprint density at radius 3 is 2.20 bits per heavy atom. The first-order valence-corrected chi connectivity index (χ1v) is 11.4. The van der Waals surface area contributed by atoms with Crippen LogP contribution >= 0.6 is 15.9 Å². The van der Waals surface area contributed by atoms with Crippen LogP contribution in [0.3, 0.4) is 0 Å². The van der Waals surface area contributed by atoms with Gasteiger partial charge in [-0.1, -0.05) is 42.5 Å². The van der Waals surface area contributed by atoms with Gasteiger partial charge in [0.25, 0.3) is 0 Å². The van der Waals surface area contributed by atoms with E-state index in [2.05, 4.69) is 15.9 Å². The molecule has 0 aliphatic rings. The average Bonchev–Trinajstić information content (AvgIpc) is 3.28. The second-order valence-corrected chi connectivity index (χ2v) is 8.34. The molecular weight excluding hydrogens is 516 g/mol. The van der Waals surface area contributed by atoms with Crippen molar-refractivity contribution >= 4 is 50.9 Å². The number of esters is 2. The molecule has 4 aromatic rings.